The first-order valence-electron chi connectivity index (χ1n) is 5.66. The molecule has 14 heavy (non-hydrogen) atoms. The lowest BCUT2D eigenvalue weighted by Crippen LogP contribution is -2.42. The first-order chi connectivity index (χ1) is 6.70. The van der Waals surface area contributed by atoms with Gasteiger partial charge in [-0.25, -0.2) is 0 Å². The van der Waals surface area contributed by atoms with Crippen LogP contribution < -0.4 is 0 Å². The maximum Gasteiger partial charge on any atom is 0.458 e. The fourth-order valence-electron chi connectivity index (χ4n) is 2.88. The van der Waals surface area contributed by atoms with Crippen molar-refractivity contribution in [2.45, 2.75) is 32.5 Å². The maximum absolute atomic E-state index is 9.87. The summed E-state index contributed by atoms with van der Waals surface area (Å²) in [5.41, 5.74) is 0. The van der Waals surface area contributed by atoms with Gasteiger partial charge in [-0.05, 0) is 30.6 Å². The van der Waals surface area contributed by atoms with E-state index >= 15 is 0 Å². The Kier molecular flexibility index (Phi) is 2.98. The number of fused-ring (bicyclic) bond motifs is 1. The van der Waals surface area contributed by atoms with E-state index in [0.29, 0.717) is 30.2 Å². The SMILES string of the molecule is CC(C)[C@@H]1CC=C[C@H]2CCOB(O)[C@H]21. The van der Waals surface area contributed by atoms with Gasteiger partial charge in [0.05, 0.1) is 0 Å². The molecule has 1 aliphatic carbocycles. The van der Waals surface area contributed by atoms with Crippen LogP contribution in [0, 0.1) is 17.8 Å². The zero-order valence-corrected chi connectivity index (χ0v) is 9.02. The molecule has 0 saturated carbocycles. The molecular weight excluding hydrogens is 175 g/mol. The summed E-state index contributed by atoms with van der Waals surface area (Å²) in [6.07, 6.45) is 6.72. The van der Waals surface area contributed by atoms with Gasteiger partial charge in [-0.2, -0.15) is 0 Å². The van der Waals surface area contributed by atoms with Gasteiger partial charge in [-0.3, -0.25) is 0 Å². The molecule has 1 saturated heterocycles. The molecule has 78 valence electrons. The topological polar surface area (TPSA) is 29.5 Å². The minimum absolute atomic E-state index is 0.328. The minimum Gasteiger partial charge on any atom is -0.427 e. The second-order valence-electron chi connectivity index (χ2n) is 4.86. The summed E-state index contributed by atoms with van der Waals surface area (Å²) in [4.78, 5) is 0. The molecule has 2 nitrogen and oxygen atoms in total. The molecular formula is C11H19BO2. The van der Waals surface area contributed by atoms with Crippen LogP contribution in [0.2, 0.25) is 5.82 Å². The van der Waals surface area contributed by atoms with Crippen molar-refractivity contribution in [3.63, 3.8) is 0 Å². The van der Waals surface area contributed by atoms with E-state index in [4.69, 9.17) is 4.65 Å². The molecule has 0 spiro atoms. The van der Waals surface area contributed by atoms with Gasteiger partial charge in [0.1, 0.15) is 0 Å². The zero-order valence-electron chi connectivity index (χ0n) is 9.02. The van der Waals surface area contributed by atoms with Crippen LogP contribution in [-0.4, -0.2) is 18.7 Å². The van der Waals surface area contributed by atoms with E-state index in [1.165, 1.54) is 0 Å². The van der Waals surface area contributed by atoms with Crippen molar-refractivity contribution in [1.82, 2.24) is 0 Å². The Morgan fingerprint density at radius 1 is 1.50 bits per heavy atom. The Hall–Kier alpha value is -0.275. The average molecular weight is 194 g/mol. The molecule has 0 aromatic rings. The van der Waals surface area contributed by atoms with E-state index in [2.05, 4.69) is 26.0 Å². The third-order valence-electron chi connectivity index (χ3n) is 3.71. The minimum atomic E-state index is -0.536. The molecule has 1 N–H and O–H groups in total. The highest BCUT2D eigenvalue weighted by molar-refractivity contribution is 6.45. The van der Waals surface area contributed by atoms with Gasteiger partial charge >= 0.3 is 7.12 Å². The highest BCUT2D eigenvalue weighted by Crippen LogP contribution is 2.44. The lowest BCUT2D eigenvalue weighted by Gasteiger charge is -2.41. The summed E-state index contributed by atoms with van der Waals surface area (Å²) < 4.78 is 5.35. The maximum atomic E-state index is 9.87. The van der Waals surface area contributed by atoms with Crippen LogP contribution in [0.4, 0.5) is 0 Å². The van der Waals surface area contributed by atoms with Gasteiger partial charge < -0.3 is 9.68 Å². The van der Waals surface area contributed by atoms with Crippen LogP contribution in [0.25, 0.3) is 0 Å². The Morgan fingerprint density at radius 3 is 3.00 bits per heavy atom. The third kappa shape index (κ3) is 1.75. The number of hydrogen-bond donors (Lipinski definition) is 1. The molecule has 0 radical (unpaired) electrons. The summed E-state index contributed by atoms with van der Waals surface area (Å²) in [6, 6.07) is 0. The van der Waals surface area contributed by atoms with Gasteiger partial charge in [0.2, 0.25) is 0 Å². The molecule has 3 heteroatoms. The van der Waals surface area contributed by atoms with Crippen LogP contribution in [0.5, 0.6) is 0 Å². The van der Waals surface area contributed by atoms with E-state index in [-0.39, 0.29) is 0 Å². The smallest absolute Gasteiger partial charge is 0.427 e. The van der Waals surface area contributed by atoms with E-state index in [1.807, 2.05) is 0 Å². The van der Waals surface area contributed by atoms with Crippen LogP contribution >= 0.6 is 0 Å². The van der Waals surface area contributed by atoms with E-state index < -0.39 is 7.12 Å². The number of rotatable bonds is 1. The second-order valence-corrected chi connectivity index (χ2v) is 4.86. The van der Waals surface area contributed by atoms with E-state index in [0.717, 1.165) is 12.8 Å². The third-order valence-corrected chi connectivity index (χ3v) is 3.71. The first-order valence-corrected chi connectivity index (χ1v) is 5.66. The summed E-state index contributed by atoms with van der Waals surface area (Å²) in [7, 11) is -0.536. The number of hydrogen-bond acceptors (Lipinski definition) is 2. The fraction of sp³-hybridized carbons (Fsp3) is 0.818. The summed E-state index contributed by atoms with van der Waals surface area (Å²) in [5, 5.41) is 9.87. The molecule has 1 heterocycles. The highest BCUT2D eigenvalue weighted by atomic mass is 16.5. The molecule has 0 bridgehead atoms. The van der Waals surface area contributed by atoms with Crippen molar-refractivity contribution >= 4 is 7.12 Å². The van der Waals surface area contributed by atoms with Crippen molar-refractivity contribution < 1.29 is 9.68 Å². The molecule has 0 amide bonds. The molecule has 3 atom stereocenters. The van der Waals surface area contributed by atoms with Crippen LogP contribution in [0.1, 0.15) is 26.7 Å². The fourth-order valence-corrected chi connectivity index (χ4v) is 2.88. The lowest BCUT2D eigenvalue weighted by molar-refractivity contribution is 0.148. The van der Waals surface area contributed by atoms with Crippen molar-refractivity contribution in [3.8, 4) is 0 Å². The van der Waals surface area contributed by atoms with Gasteiger partial charge in [-0.1, -0.05) is 26.0 Å². The van der Waals surface area contributed by atoms with E-state index in [1.54, 1.807) is 0 Å². The molecule has 0 aromatic carbocycles. The second kappa shape index (κ2) is 4.07. The van der Waals surface area contributed by atoms with Crippen molar-refractivity contribution in [2.75, 3.05) is 6.61 Å². The van der Waals surface area contributed by atoms with Crippen molar-refractivity contribution in [1.29, 1.82) is 0 Å². The zero-order chi connectivity index (χ0) is 10.1. The van der Waals surface area contributed by atoms with E-state index in [9.17, 15) is 5.02 Å². The lowest BCUT2D eigenvalue weighted by atomic mass is 9.52. The summed E-state index contributed by atoms with van der Waals surface area (Å²) in [6.45, 7) is 5.18. The molecule has 0 unspecified atom stereocenters. The standard InChI is InChI=1S/C11H19BO2/c1-8(2)10-5-3-4-9-6-7-14-12(13)11(9)10/h3-4,8-11,13H,5-7H2,1-2H3/t9-,10-,11+/m0/s1. The average Bonchev–Trinajstić information content (AvgIpc) is 2.17. The van der Waals surface area contributed by atoms with Gasteiger partial charge in [0.15, 0.2) is 0 Å². The highest BCUT2D eigenvalue weighted by Gasteiger charge is 2.43. The first kappa shape index (κ1) is 10.2. The Morgan fingerprint density at radius 2 is 2.29 bits per heavy atom. The van der Waals surface area contributed by atoms with Gasteiger partial charge in [-0.15, -0.1) is 0 Å². The normalized spacial score (nSPS) is 37.4. The van der Waals surface area contributed by atoms with Crippen LogP contribution in [0.15, 0.2) is 12.2 Å². The predicted octanol–water partition coefficient (Wildman–Crippen LogP) is 2.11. The summed E-state index contributed by atoms with van der Waals surface area (Å²) in [5.74, 6) is 2.08. The quantitative estimate of drug-likeness (QED) is 0.511. The summed E-state index contributed by atoms with van der Waals surface area (Å²) >= 11 is 0. The molecule has 1 aliphatic heterocycles. The van der Waals surface area contributed by atoms with Crippen LogP contribution in [-0.2, 0) is 4.65 Å². The Labute approximate surface area is 86.5 Å². The van der Waals surface area contributed by atoms with Crippen molar-refractivity contribution in [2.24, 2.45) is 17.8 Å². The predicted molar refractivity (Wildman–Crippen MR) is 57.9 cm³/mol. The Bertz CT molecular complexity index is 227. The molecule has 1 fully saturated rings. The molecule has 2 rings (SSSR count). The largest absolute Gasteiger partial charge is 0.458 e. The molecule has 2 aliphatic rings. The van der Waals surface area contributed by atoms with Crippen LogP contribution in [0.3, 0.4) is 0 Å². The monoisotopic (exact) mass is 194 g/mol. The number of allylic oxidation sites excluding steroid dienone is 2. The van der Waals surface area contributed by atoms with Crippen molar-refractivity contribution in [3.05, 3.63) is 12.2 Å². The van der Waals surface area contributed by atoms with Gasteiger partial charge in [0, 0.05) is 12.4 Å². The Balaban J connectivity index is 2.17. The van der Waals surface area contributed by atoms with Gasteiger partial charge in [0.25, 0.3) is 0 Å². The molecule has 0 aromatic heterocycles.